The quantitative estimate of drug-likeness (QED) is 0.766. The highest BCUT2D eigenvalue weighted by Gasteiger charge is 2.62. The second-order valence-corrected chi connectivity index (χ2v) is 10.1. The van der Waals surface area contributed by atoms with Gasteiger partial charge in [-0.05, 0) is 80.6 Å². The second-order valence-electron chi connectivity index (χ2n) is 10.1. The Kier molecular flexibility index (Phi) is 4.66. The highest BCUT2D eigenvalue weighted by Crippen LogP contribution is 2.65. The standard InChI is InChI=1S/C23H35NO2/c1-22-10-8-15(5-3-4-12-24)13-19(22)20(25)14-16-17-6-7-21(26)23(17,2)11-9-18(16)22/h3,5,15-19H,4,6-14,24H2,1-2H3/b5-3+/t15-,16-,17-,18-,19?,22+,23-/m0/s1. The highest BCUT2D eigenvalue weighted by atomic mass is 16.1. The van der Waals surface area contributed by atoms with Gasteiger partial charge >= 0.3 is 0 Å². The van der Waals surface area contributed by atoms with Crippen molar-refractivity contribution in [2.75, 3.05) is 6.54 Å². The van der Waals surface area contributed by atoms with Gasteiger partial charge in [-0.2, -0.15) is 0 Å². The van der Waals surface area contributed by atoms with Gasteiger partial charge in [0.2, 0.25) is 0 Å². The molecule has 3 heteroatoms. The van der Waals surface area contributed by atoms with Gasteiger partial charge in [-0.3, -0.25) is 9.59 Å². The van der Waals surface area contributed by atoms with Crippen LogP contribution in [0.4, 0.5) is 0 Å². The van der Waals surface area contributed by atoms with Gasteiger partial charge in [0.05, 0.1) is 0 Å². The van der Waals surface area contributed by atoms with E-state index in [4.69, 9.17) is 5.73 Å². The minimum Gasteiger partial charge on any atom is -0.330 e. The fourth-order valence-electron chi connectivity index (χ4n) is 7.40. The van der Waals surface area contributed by atoms with E-state index < -0.39 is 0 Å². The van der Waals surface area contributed by atoms with Crippen LogP contribution in [0, 0.1) is 40.4 Å². The first-order chi connectivity index (χ1) is 12.4. The first-order valence-corrected chi connectivity index (χ1v) is 10.8. The lowest BCUT2D eigenvalue weighted by molar-refractivity contribution is -0.157. The molecule has 1 unspecified atom stereocenters. The molecule has 144 valence electrons. The molecule has 0 aromatic carbocycles. The molecule has 0 heterocycles. The molecule has 2 N–H and O–H groups in total. The molecule has 0 amide bonds. The van der Waals surface area contributed by atoms with Crippen molar-refractivity contribution in [3.8, 4) is 0 Å². The topological polar surface area (TPSA) is 60.2 Å². The average Bonchev–Trinajstić information content (AvgIpc) is 2.92. The average molecular weight is 358 g/mol. The maximum absolute atomic E-state index is 13.2. The Hall–Kier alpha value is -0.960. The number of ketones is 2. The molecular formula is C23H35NO2. The lowest BCUT2D eigenvalue weighted by Crippen LogP contribution is -2.56. The summed E-state index contributed by atoms with van der Waals surface area (Å²) in [5, 5.41) is 0. The zero-order valence-corrected chi connectivity index (χ0v) is 16.5. The first-order valence-electron chi connectivity index (χ1n) is 10.8. The third kappa shape index (κ3) is 2.65. The molecule has 0 saturated heterocycles. The zero-order chi connectivity index (χ0) is 18.5. The van der Waals surface area contributed by atoms with Crippen molar-refractivity contribution in [3.05, 3.63) is 12.2 Å². The summed E-state index contributed by atoms with van der Waals surface area (Å²) in [6.07, 6.45) is 13.6. The summed E-state index contributed by atoms with van der Waals surface area (Å²) in [6.45, 7) is 5.30. The second kappa shape index (κ2) is 6.58. The number of allylic oxidation sites excluding steroid dienone is 1. The van der Waals surface area contributed by atoms with Crippen molar-refractivity contribution in [1.82, 2.24) is 0 Å². The number of rotatable bonds is 3. The highest BCUT2D eigenvalue weighted by molar-refractivity contribution is 5.88. The van der Waals surface area contributed by atoms with Gasteiger partial charge in [-0.25, -0.2) is 0 Å². The van der Waals surface area contributed by atoms with Crippen molar-refractivity contribution in [2.45, 2.75) is 71.6 Å². The summed E-state index contributed by atoms with van der Waals surface area (Å²) in [6, 6.07) is 0. The Bertz CT molecular complexity index is 626. The summed E-state index contributed by atoms with van der Waals surface area (Å²) in [5.74, 6) is 3.29. The van der Waals surface area contributed by atoms with Crippen LogP contribution < -0.4 is 5.73 Å². The van der Waals surface area contributed by atoms with Crippen molar-refractivity contribution < 1.29 is 9.59 Å². The normalized spacial score (nSPS) is 48.3. The minimum absolute atomic E-state index is 0.132. The predicted molar refractivity (Wildman–Crippen MR) is 103 cm³/mol. The molecule has 4 rings (SSSR count). The summed E-state index contributed by atoms with van der Waals surface area (Å²) in [5.41, 5.74) is 5.63. The molecule has 7 atom stereocenters. The molecule has 4 fully saturated rings. The summed E-state index contributed by atoms with van der Waals surface area (Å²) in [4.78, 5) is 25.7. The smallest absolute Gasteiger partial charge is 0.139 e. The largest absolute Gasteiger partial charge is 0.330 e. The molecular weight excluding hydrogens is 322 g/mol. The molecule has 0 bridgehead atoms. The van der Waals surface area contributed by atoms with E-state index in [0.717, 1.165) is 44.9 Å². The van der Waals surface area contributed by atoms with E-state index in [-0.39, 0.29) is 16.7 Å². The van der Waals surface area contributed by atoms with Crippen LogP contribution in [0.3, 0.4) is 0 Å². The molecule has 3 nitrogen and oxygen atoms in total. The Morgan fingerprint density at radius 3 is 2.69 bits per heavy atom. The van der Waals surface area contributed by atoms with Crippen molar-refractivity contribution in [1.29, 1.82) is 0 Å². The molecule has 0 spiro atoms. The van der Waals surface area contributed by atoms with Gasteiger partial charge < -0.3 is 5.73 Å². The van der Waals surface area contributed by atoms with E-state index in [0.29, 0.717) is 41.8 Å². The van der Waals surface area contributed by atoms with E-state index in [1.807, 2.05) is 0 Å². The Balaban J connectivity index is 1.56. The van der Waals surface area contributed by atoms with E-state index in [1.54, 1.807) is 0 Å². The van der Waals surface area contributed by atoms with Crippen LogP contribution in [0.1, 0.15) is 71.6 Å². The molecule has 4 saturated carbocycles. The number of hydrogen-bond acceptors (Lipinski definition) is 3. The van der Waals surface area contributed by atoms with E-state index in [9.17, 15) is 9.59 Å². The zero-order valence-electron chi connectivity index (χ0n) is 16.5. The summed E-state index contributed by atoms with van der Waals surface area (Å²) in [7, 11) is 0. The van der Waals surface area contributed by atoms with Gasteiger partial charge in [0.15, 0.2) is 0 Å². The number of hydrogen-bond donors (Lipinski definition) is 1. The van der Waals surface area contributed by atoms with E-state index >= 15 is 0 Å². The number of Topliss-reactive ketones (excluding diaryl/α,β-unsaturated/α-hetero) is 2. The third-order valence-electron chi connectivity index (χ3n) is 8.95. The van der Waals surface area contributed by atoms with Crippen LogP contribution in [-0.4, -0.2) is 18.1 Å². The van der Waals surface area contributed by atoms with E-state index in [1.165, 1.54) is 12.8 Å². The van der Waals surface area contributed by atoms with Crippen LogP contribution in [0.5, 0.6) is 0 Å². The molecule has 0 radical (unpaired) electrons. The van der Waals surface area contributed by atoms with Gasteiger partial charge in [-0.1, -0.05) is 26.0 Å². The molecule has 4 aliphatic rings. The number of nitrogens with two attached hydrogens (primary N) is 1. The van der Waals surface area contributed by atoms with Crippen LogP contribution in [0.15, 0.2) is 12.2 Å². The van der Waals surface area contributed by atoms with E-state index in [2.05, 4.69) is 26.0 Å². The van der Waals surface area contributed by atoms with Gasteiger partial charge in [0.25, 0.3) is 0 Å². The van der Waals surface area contributed by atoms with Gasteiger partial charge in [0, 0.05) is 24.2 Å². The van der Waals surface area contributed by atoms with Crippen LogP contribution >= 0.6 is 0 Å². The van der Waals surface area contributed by atoms with Gasteiger partial charge in [0.1, 0.15) is 11.6 Å². The maximum Gasteiger partial charge on any atom is 0.139 e. The molecule has 26 heavy (non-hydrogen) atoms. The lowest BCUT2D eigenvalue weighted by Gasteiger charge is -2.59. The Labute approximate surface area is 158 Å². The fraction of sp³-hybridized carbons (Fsp3) is 0.826. The third-order valence-corrected chi connectivity index (χ3v) is 8.95. The lowest BCUT2D eigenvalue weighted by atomic mass is 9.44. The minimum atomic E-state index is -0.132. The van der Waals surface area contributed by atoms with Gasteiger partial charge in [-0.15, -0.1) is 0 Å². The summed E-state index contributed by atoms with van der Waals surface area (Å²) >= 11 is 0. The molecule has 0 aliphatic heterocycles. The monoisotopic (exact) mass is 357 g/mol. The van der Waals surface area contributed by atoms with Crippen molar-refractivity contribution >= 4 is 11.6 Å². The van der Waals surface area contributed by atoms with Crippen molar-refractivity contribution in [2.24, 2.45) is 46.2 Å². The van der Waals surface area contributed by atoms with Crippen LogP contribution in [0.25, 0.3) is 0 Å². The summed E-state index contributed by atoms with van der Waals surface area (Å²) < 4.78 is 0. The Morgan fingerprint density at radius 1 is 1.12 bits per heavy atom. The predicted octanol–water partition coefficient (Wildman–Crippen LogP) is 4.30. The SMILES string of the molecule is C[C@]12CC[C@H](/C=C/CCN)CC1C(=O)C[C@@H]1[C@@H]2CC[C@]2(C)C(=O)CC[C@@H]12. The van der Waals surface area contributed by atoms with Crippen LogP contribution in [-0.2, 0) is 9.59 Å². The number of carbonyl (C=O) groups excluding carboxylic acids is 2. The Morgan fingerprint density at radius 2 is 1.92 bits per heavy atom. The van der Waals surface area contributed by atoms with Crippen LogP contribution in [0.2, 0.25) is 0 Å². The number of fused-ring (bicyclic) bond motifs is 5. The number of carbonyl (C=O) groups is 2. The molecule has 0 aromatic heterocycles. The maximum atomic E-state index is 13.2. The molecule has 4 aliphatic carbocycles. The molecule has 0 aromatic rings. The fourth-order valence-corrected chi connectivity index (χ4v) is 7.40. The van der Waals surface area contributed by atoms with Crippen molar-refractivity contribution in [3.63, 3.8) is 0 Å². The first kappa shape index (κ1) is 18.4.